The first kappa shape index (κ1) is 99.7. The van der Waals surface area contributed by atoms with Gasteiger partial charge in [0, 0.05) is 96.6 Å². The number of benzene rings is 6. The van der Waals surface area contributed by atoms with Crippen molar-refractivity contribution in [3.63, 3.8) is 0 Å². The van der Waals surface area contributed by atoms with Gasteiger partial charge >= 0.3 is 5.97 Å². The average Bonchev–Trinajstić information content (AvgIpc) is 1.70. The number of H-pyrrole nitrogens is 1. The fourth-order valence-corrected chi connectivity index (χ4v) is 15.5. The molecule has 37 heteroatoms. The maximum absolute atomic E-state index is 15.5. The number of para-hydroxylation sites is 1. The summed E-state index contributed by atoms with van der Waals surface area (Å²) in [7, 11) is 6.32. The zero-order valence-electron chi connectivity index (χ0n) is 72.7. The standard InChI is InChI=1S/C91H114N16O20S/c1-9-10-30-73-90(126)104(5)50-78(113)96-68(46-80(115)116)85(121)101-71(51-108)89(125)106(7)74(43-56-24-16-12-17-25-56)86(122)100-69(42-59-33-37-62(110)38-34-59)87(123)103(4)49-77(112)95-67(45-60-47-93-64-29-21-20-28-63(60)64)84(120)99-66(40-58-31-35-61(109)36-32-58)83(119)98-65(39-54(2)3)82(118)102-72(81(117)94-48-76(92)111)52-128-53-79(114)97-70(41-55-22-14-11-15-23-55)88(124)107(8)75(91(127)105(73)6)44-57-26-18-13-19-27-57/h11-29,31-38,47,54,65-75,93,108-110H,9-10,30,39-46,48-53H2,1-8H3,(H2,92,111)(H,94,117)(H,95,112)(H,96,113)(H,97,114)(H,98,119)(H,99,120)(H,100,122)(H,101,121)(H,102,118)(H,115,116)/t65-,66-,67-,68-,69-,70-,71?,72-,73-,74-,75-/m0/s1. The van der Waals surface area contributed by atoms with Gasteiger partial charge in [-0.1, -0.05) is 167 Å². The van der Waals surface area contributed by atoms with Gasteiger partial charge in [0.05, 0.1) is 38.4 Å². The number of aliphatic carboxylic acids is 1. The van der Waals surface area contributed by atoms with Crippen LogP contribution in [0.3, 0.4) is 0 Å². The molecule has 0 aliphatic carbocycles. The van der Waals surface area contributed by atoms with Gasteiger partial charge in [0.2, 0.25) is 88.6 Å². The van der Waals surface area contributed by atoms with E-state index in [1.54, 1.807) is 135 Å². The predicted octanol–water partition coefficient (Wildman–Crippen LogP) is 0.663. The number of phenols is 2. The van der Waals surface area contributed by atoms with Crippen LogP contribution in [0.5, 0.6) is 11.5 Å². The number of carbonyl (C=O) groups excluding carboxylic acids is 15. The van der Waals surface area contributed by atoms with Crippen LogP contribution in [-0.2, 0) is 115 Å². The van der Waals surface area contributed by atoms with Crippen molar-refractivity contribution in [1.29, 1.82) is 0 Å². The highest BCUT2D eigenvalue weighted by Gasteiger charge is 2.42. The second-order valence-corrected chi connectivity index (χ2v) is 33.1. The van der Waals surface area contributed by atoms with E-state index in [9.17, 15) is 68.4 Å². The van der Waals surface area contributed by atoms with Gasteiger partial charge < -0.3 is 103 Å². The molecule has 1 unspecified atom stereocenters. The Balaban J connectivity index is 1.20. The number of aromatic nitrogens is 1. The highest BCUT2D eigenvalue weighted by molar-refractivity contribution is 8.00. The Morgan fingerprint density at radius 1 is 0.461 bits per heavy atom. The van der Waals surface area contributed by atoms with E-state index in [0.29, 0.717) is 57.1 Å². The average molecular weight is 1780 g/mol. The summed E-state index contributed by atoms with van der Waals surface area (Å²) < 4.78 is 0. The van der Waals surface area contributed by atoms with Crippen LogP contribution < -0.4 is 53.6 Å². The maximum atomic E-state index is 15.5. The van der Waals surface area contributed by atoms with Crippen LogP contribution >= 0.6 is 11.8 Å². The number of aromatic hydroxyl groups is 2. The molecule has 8 rings (SSSR count). The van der Waals surface area contributed by atoms with Gasteiger partial charge in [0.25, 0.3) is 0 Å². The number of hydrogen-bond donors (Lipinski definition) is 15. The number of unbranched alkanes of at least 4 members (excludes halogenated alkanes) is 1. The number of thioether (sulfide) groups is 1. The Morgan fingerprint density at radius 2 is 0.891 bits per heavy atom. The van der Waals surface area contributed by atoms with Crippen molar-refractivity contribution < 1.29 is 97.1 Å². The number of likely N-dealkylation sites (N-methyl/N-ethyl adjacent to an activating group) is 5. The minimum atomic E-state index is -2.01. The zero-order chi connectivity index (χ0) is 93.4. The molecule has 1 aromatic heterocycles. The number of aromatic amines is 1. The highest BCUT2D eigenvalue weighted by Crippen LogP contribution is 2.24. The lowest BCUT2D eigenvalue weighted by Crippen LogP contribution is -2.61. The second-order valence-electron chi connectivity index (χ2n) is 32.1. The quantitative estimate of drug-likeness (QED) is 0.0418. The summed E-state index contributed by atoms with van der Waals surface area (Å²) in [6.45, 7) is 1.77. The van der Waals surface area contributed by atoms with Crippen molar-refractivity contribution in [2.45, 2.75) is 158 Å². The van der Waals surface area contributed by atoms with E-state index in [-0.39, 0.29) is 68.8 Å². The number of nitrogens with one attached hydrogen (secondary N) is 10. The number of carboxylic acid groups (broad SMARTS) is 1. The zero-order valence-corrected chi connectivity index (χ0v) is 73.5. The molecule has 16 N–H and O–H groups in total. The van der Waals surface area contributed by atoms with Crippen LogP contribution in [0, 0.1) is 5.92 Å². The van der Waals surface area contributed by atoms with Crippen molar-refractivity contribution in [2.24, 2.45) is 11.7 Å². The number of aliphatic hydroxyl groups is 1. The molecule has 2 heterocycles. The predicted molar refractivity (Wildman–Crippen MR) is 474 cm³/mol. The number of fused-ring (bicyclic) bond motifs is 1. The number of hydrogen-bond acceptors (Lipinski definition) is 20. The second kappa shape index (κ2) is 48.7. The molecule has 15 amide bonds. The van der Waals surface area contributed by atoms with E-state index < -0.39 is 205 Å². The Bertz CT molecular complexity index is 5030. The Labute approximate surface area is 745 Å². The minimum Gasteiger partial charge on any atom is -0.508 e. The van der Waals surface area contributed by atoms with E-state index in [4.69, 9.17) is 5.73 Å². The summed E-state index contributed by atoms with van der Waals surface area (Å²) in [5, 5.41) is 65.8. The van der Waals surface area contributed by atoms with Crippen LogP contribution in [0.4, 0.5) is 0 Å². The van der Waals surface area contributed by atoms with Crippen molar-refractivity contribution in [3.05, 3.63) is 203 Å². The Hall–Kier alpha value is -13.7. The lowest BCUT2D eigenvalue weighted by atomic mass is 9.99. The number of nitrogens with zero attached hydrogens (tertiary/aromatic N) is 5. The Kier molecular flexibility index (Phi) is 37.9. The third-order valence-electron chi connectivity index (χ3n) is 21.6. The fraction of sp³-hybridized carbons (Fsp3) is 0.407. The smallest absolute Gasteiger partial charge is 0.305 e. The normalized spacial score (nSPS) is 21.9. The number of nitrogens with two attached hydrogens (primary N) is 1. The number of phenolic OH excluding ortho intramolecular Hbond substituents is 2. The molecule has 1 fully saturated rings. The van der Waals surface area contributed by atoms with Crippen LogP contribution in [-0.4, -0.2) is 284 Å². The first-order chi connectivity index (χ1) is 61.0. The molecule has 0 bridgehead atoms. The monoisotopic (exact) mass is 1780 g/mol. The van der Waals surface area contributed by atoms with E-state index in [0.717, 1.165) is 43.3 Å². The SMILES string of the molecule is CCCC[C@H]1C(=O)N(C)CC(=O)N[C@@H](CC(=O)O)C(=O)NC(CO)C(=O)N(C)[C@@H](Cc2ccccc2)C(=O)N[C@@H](Cc2ccc(O)cc2)C(=O)N(C)CC(=O)N[C@@H](Cc2c[nH]c3ccccc23)C(=O)N[C@@H](Cc2ccc(O)cc2)C(=O)N[C@@H](CC(C)C)C(=O)N[C@H](C(=O)NCC(N)=O)CSCC(=O)N[C@@H](Cc2ccccc2)C(=O)N(C)[C@@H](Cc2ccccc2)C(=O)N1C. The van der Waals surface area contributed by atoms with Gasteiger partial charge in [-0.15, -0.1) is 11.8 Å². The number of amides is 15. The molecule has 684 valence electrons. The molecule has 0 spiro atoms. The van der Waals surface area contributed by atoms with Crippen LogP contribution in [0.25, 0.3) is 10.9 Å². The summed E-state index contributed by atoms with van der Waals surface area (Å²) in [6, 6.07) is 26.0. The number of carboxylic acids is 1. The van der Waals surface area contributed by atoms with Gasteiger partial charge in [-0.2, -0.15) is 0 Å². The molecule has 128 heavy (non-hydrogen) atoms. The molecule has 1 aliphatic heterocycles. The minimum absolute atomic E-state index is 0.00804. The first-order valence-electron chi connectivity index (χ1n) is 41.9. The summed E-state index contributed by atoms with van der Waals surface area (Å²) in [5.41, 5.74) is 8.96. The van der Waals surface area contributed by atoms with Crippen molar-refractivity contribution in [2.75, 3.05) is 73.0 Å². The van der Waals surface area contributed by atoms with Gasteiger partial charge in [-0.3, -0.25) is 76.7 Å². The summed E-state index contributed by atoms with van der Waals surface area (Å²) >= 11 is 0.821. The lowest BCUT2D eigenvalue weighted by Gasteiger charge is -2.37. The lowest BCUT2D eigenvalue weighted by molar-refractivity contribution is -0.151. The molecule has 0 saturated carbocycles. The number of primary amides is 1. The molecular formula is C91H114N16O20S. The van der Waals surface area contributed by atoms with E-state index in [1.807, 2.05) is 6.92 Å². The fourth-order valence-electron chi connectivity index (χ4n) is 14.7. The third kappa shape index (κ3) is 30.0. The van der Waals surface area contributed by atoms with Crippen molar-refractivity contribution >= 4 is 117 Å². The molecule has 1 aliphatic rings. The molecule has 6 aromatic carbocycles. The summed E-state index contributed by atoms with van der Waals surface area (Å²) in [4.78, 5) is 242. The number of aliphatic hydroxyl groups excluding tert-OH is 1. The van der Waals surface area contributed by atoms with Gasteiger partial charge in [0.1, 0.15) is 78.0 Å². The first-order valence-corrected chi connectivity index (χ1v) is 43.1. The highest BCUT2D eigenvalue weighted by atomic mass is 32.2. The molecule has 0 radical (unpaired) electrons. The van der Waals surface area contributed by atoms with Crippen LogP contribution in [0.2, 0.25) is 0 Å². The van der Waals surface area contributed by atoms with Crippen molar-refractivity contribution in [1.82, 2.24) is 77.3 Å². The van der Waals surface area contributed by atoms with Crippen LogP contribution in [0.15, 0.2) is 170 Å². The van der Waals surface area contributed by atoms with Gasteiger partial charge in [-0.25, -0.2) is 0 Å². The maximum Gasteiger partial charge on any atom is 0.305 e. The summed E-state index contributed by atoms with van der Waals surface area (Å²) in [6.07, 6.45) is -0.224. The van der Waals surface area contributed by atoms with E-state index >= 15 is 28.8 Å². The molecule has 7 aromatic rings. The van der Waals surface area contributed by atoms with Crippen LogP contribution in [0.1, 0.15) is 86.3 Å². The van der Waals surface area contributed by atoms with E-state index in [1.165, 1.54) is 76.7 Å². The molecule has 11 atom stereocenters. The number of rotatable bonds is 23. The molecular weight excluding hydrogens is 1670 g/mol. The Morgan fingerprint density at radius 3 is 1.43 bits per heavy atom. The van der Waals surface area contributed by atoms with Crippen molar-refractivity contribution in [3.8, 4) is 11.5 Å². The van der Waals surface area contributed by atoms with Gasteiger partial charge in [-0.05, 0) is 82.5 Å². The number of carbonyl (C=O) groups is 16. The van der Waals surface area contributed by atoms with Gasteiger partial charge in [0.15, 0.2) is 0 Å². The topological polar surface area (TPSA) is 520 Å². The largest absolute Gasteiger partial charge is 0.508 e. The summed E-state index contributed by atoms with van der Waals surface area (Å²) in [5.74, 6) is -17.5. The molecule has 1 saturated heterocycles. The third-order valence-corrected chi connectivity index (χ3v) is 22.7. The van der Waals surface area contributed by atoms with E-state index in [2.05, 4.69) is 52.8 Å². The molecule has 36 nitrogen and oxygen atoms in total.